The molecule has 0 N–H and O–H groups in total. The highest BCUT2D eigenvalue weighted by molar-refractivity contribution is 9.09. The summed E-state index contributed by atoms with van der Waals surface area (Å²) in [4.78, 5) is 0. The molecular formula is C11H19BrS. The maximum atomic E-state index is 3.63. The van der Waals surface area contributed by atoms with Gasteiger partial charge in [-0.15, -0.1) is 0 Å². The molecule has 2 aliphatic carbocycles. The average Bonchev–Trinajstić information content (AvgIpc) is 2.74. The van der Waals surface area contributed by atoms with Crippen LogP contribution >= 0.6 is 27.7 Å². The van der Waals surface area contributed by atoms with E-state index in [1.165, 1.54) is 55.4 Å². The van der Waals surface area contributed by atoms with Gasteiger partial charge in [0.1, 0.15) is 0 Å². The van der Waals surface area contributed by atoms with E-state index in [2.05, 4.69) is 27.7 Å². The Morgan fingerprint density at radius 1 is 1.23 bits per heavy atom. The normalized spacial score (nSPS) is 26.5. The molecule has 0 aromatic rings. The lowest BCUT2D eigenvalue weighted by molar-refractivity contribution is 0.619. The van der Waals surface area contributed by atoms with Crippen molar-refractivity contribution in [3.05, 3.63) is 0 Å². The Morgan fingerprint density at radius 3 is 2.46 bits per heavy atom. The first-order valence-electron chi connectivity index (χ1n) is 5.48. The summed E-state index contributed by atoms with van der Waals surface area (Å²) < 4.78 is 0. The quantitative estimate of drug-likeness (QED) is 0.673. The van der Waals surface area contributed by atoms with E-state index in [1.54, 1.807) is 0 Å². The zero-order chi connectivity index (χ0) is 9.15. The van der Waals surface area contributed by atoms with Crippen LogP contribution in [0.15, 0.2) is 0 Å². The lowest BCUT2D eigenvalue weighted by Gasteiger charge is -2.13. The third-order valence-electron chi connectivity index (χ3n) is 3.48. The molecule has 2 rings (SSSR count). The van der Waals surface area contributed by atoms with Crippen LogP contribution < -0.4 is 0 Å². The number of thioether (sulfide) groups is 1. The van der Waals surface area contributed by atoms with Crippen molar-refractivity contribution >= 4 is 27.7 Å². The Hall–Kier alpha value is 0.830. The highest BCUT2D eigenvalue weighted by Crippen LogP contribution is 2.49. The third kappa shape index (κ3) is 2.89. The first kappa shape index (κ1) is 10.4. The number of alkyl halides is 1. The summed E-state index contributed by atoms with van der Waals surface area (Å²) >= 11 is 5.85. The van der Waals surface area contributed by atoms with E-state index in [-0.39, 0.29) is 0 Å². The lowest BCUT2D eigenvalue weighted by atomic mass is 10.1. The minimum absolute atomic E-state index is 0.725. The molecule has 0 heterocycles. The SMILES string of the molecule is BrCC1(CSCC2CCCC2)CC1. The van der Waals surface area contributed by atoms with Gasteiger partial charge < -0.3 is 0 Å². The molecule has 0 bridgehead atoms. The predicted molar refractivity (Wildman–Crippen MR) is 64.7 cm³/mol. The topological polar surface area (TPSA) is 0 Å². The number of hydrogen-bond acceptors (Lipinski definition) is 1. The molecule has 0 amide bonds. The van der Waals surface area contributed by atoms with Crippen LogP contribution in [0.1, 0.15) is 38.5 Å². The average molecular weight is 263 g/mol. The van der Waals surface area contributed by atoms with Gasteiger partial charge in [0.2, 0.25) is 0 Å². The van der Waals surface area contributed by atoms with Crippen LogP contribution in [0.4, 0.5) is 0 Å². The third-order valence-corrected chi connectivity index (χ3v) is 6.19. The summed E-state index contributed by atoms with van der Waals surface area (Å²) in [6, 6.07) is 0. The molecule has 0 nitrogen and oxygen atoms in total. The Kier molecular flexibility index (Phi) is 3.64. The van der Waals surface area contributed by atoms with Gasteiger partial charge in [-0.2, -0.15) is 11.8 Å². The van der Waals surface area contributed by atoms with Gasteiger partial charge in [0.25, 0.3) is 0 Å². The zero-order valence-electron chi connectivity index (χ0n) is 8.23. The van der Waals surface area contributed by atoms with Crippen LogP contribution in [0, 0.1) is 11.3 Å². The van der Waals surface area contributed by atoms with Crippen molar-refractivity contribution in [2.24, 2.45) is 11.3 Å². The van der Waals surface area contributed by atoms with Crippen molar-refractivity contribution in [2.75, 3.05) is 16.8 Å². The number of hydrogen-bond donors (Lipinski definition) is 0. The molecule has 0 aromatic carbocycles. The van der Waals surface area contributed by atoms with Crippen molar-refractivity contribution in [3.8, 4) is 0 Å². The van der Waals surface area contributed by atoms with E-state index in [4.69, 9.17) is 0 Å². The van der Waals surface area contributed by atoms with Crippen LogP contribution in [-0.4, -0.2) is 16.8 Å². The molecule has 2 aliphatic rings. The fourth-order valence-electron chi connectivity index (χ4n) is 2.11. The highest BCUT2D eigenvalue weighted by atomic mass is 79.9. The Morgan fingerprint density at radius 2 is 1.92 bits per heavy atom. The van der Waals surface area contributed by atoms with E-state index < -0.39 is 0 Å². The first-order valence-corrected chi connectivity index (χ1v) is 7.76. The lowest BCUT2D eigenvalue weighted by Crippen LogP contribution is -2.07. The van der Waals surface area contributed by atoms with Crippen LogP contribution in [0.2, 0.25) is 0 Å². The second-order valence-corrected chi connectivity index (χ2v) is 6.39. The molecule has 0 atom stereocenters. The molecule has 2 fully saturated rings. The number of halogens is 1. The molecule has 2 saturated carbocycles. The molecule has 13 heavy (non-hydrogen) atoms. The molecule has 0 aromatic heterocycles. The van der Waals surface area contributed by atoms with Gasteiger partial charge in [0, 0.05) is 5.33 Å². The summed E-state index contributed by atoms with van der Waals surface area (Å²) in [6.07, 6.45) is 8.94. The Bertz CT molecular complexity index is 159. The smallest absolute Gasteiger partial charge is 0.00958 e. The molecular weight excluding hydrogens is 244 g/mol. The van der Waals surface area contributed by atoms with E-state index in [9.17, 15) is 0 Å². The van der Waals surface area contributed by atoms with Crippen molar-refractivity contribution in [2.45, 2.75) is 38.5 Å². The molecule has 0 unspecified atom stereocenters. The standard InChI is InChI=1S/C11H19BrS/c12-8-11(5-6-11)9-13-7-10-3-1-2-4-10/h10H,1-9H2. The molecule has 0 aliphatic heterocycles. The Balaban J connectivity index is 1.58. The molecule has 0 radical (unpaired) electrons. The maximum Gasteiger partial charge on any atom is 0.00958 e. The summed E-state index contributed by atoms with van der Waals surface area (Å²) in [5, 5.41) is 1.23. The van der Waals surface area contributed by atoms with Gasteiger partial charge in [-0.05, 0) is 48.5 Å². The van der Waals surface area contributed by atoms with Crippen molar-refractivity contribution < 1.29 is 0 Å². The van der Waals surface area contributed by atoms with Gasteiger partial charge in [-0.1, -0.05) is 28.8 Å². The van der Waals surface area contributed by atoms with Crippen LogP contribution in [-0.2, 0) is 0 Å². The molecule has 0 saturated heterocycles. The maximum absolute atomic E-state index is 3.63. The van der Waals surface area contributed by atoms with Crippen LogP contribution in [0.25, 0.3) is 0 Å². The minimum atomic E-state index is 0.725. The molecule has 0 spiro atoms. The van der Waals surface area contributed by atoms with Gasteiger partial charge in [-0.25, -0.2) is 0 Å². The fourth-order valence-corrected chi connectivity index (χ4v) is 4.74. The largest absolute Gasteiger partial charge is 0.161 e. The van der Waals surface area contributed by atoms with Crippen molar-refractivity contribution in [1.29, 1.82) is 0 Å². The second kappa shape index (κ2) is 4.57. The van der Waals surface area contributed by atoms with Crippen molar-refractivity contribution in [1.82, 2.24) is 0 Å². The second-order valence-electron chi connectivity index (χ2n) is 4.80. The first-order chi connectivity index (χ1) is 6.35. The zero-order valence-corrected chi connectivity index (χ0v) is 10.6. The van der Waals surface area contributed by atoms with E-state index in [1.807, 2.05) is 0 Å². The van der Waals surface area contributed by atoms with Crippen molar-refractivity contribution in [3.63, 3.8) is 0 Å². The van der Waals surface area contributed by atoms with Gasteiger partial charge >= 0.3 is 0 Å². The summed E-state index contributed by atoms with van der Waals surface area (Å²) in [5.41, 5.74) is 0.725. The predicted octanol–water partition coefficient (Wildman–Crippen LogP) is 4.08. The molecule has 2 heteroatoms. The van der Waals surface area contributed by atoms with Crippen LogP contribution in [0.5, 0.6) is 0 Å². The fraction of sp³-hybridized carbons (Fsp3) is 1.00. The van der Waals surface area contributed by atoms with Gasteiger partial charge in [-0.3, -0.25) is 0 Å². The van der Waals surface area contributed by atoms with Gasteiger partial charge in [0.15, 0.2) is 0 Å². The number of rotatable bonds is 5. The summed E-state index contributed by atoms with van der Waals surface area (Å²) in [7, 11) is 0. The summed E-state index contributed by atoms with van der Waals surface area (Å²) in [5.74, 6) is 3.92. The van der Waals surface area contributed by atoms with Crippen LogP contribution in [0.3, 0.4) is 0 Å². The van der Waals surface area contributed by atoms with E-state index in [0.717, 1.165) is 11.3 Å². The molecule has 76 valence electrons. The summed E-state index contributed by atoms with van der Waals surface area (Å²) in [6.45, 7) is 0. The monoisotopic (exact) mass is 262 g/mol. The Labute approximate surface area is 94.4 Å². The highest BCUT2D eigenvalue weighted by Gasteiger charge is 2.41. The van der Waals surface area contributed by atoms with E-state index in [0.29, 0.717) is 0 Å². The van der Waals surface area contributed by atoms with Gasteiger partial charge in [0.05, 0.1) is 0 Å². The minimum Gasteiger partial charge on any atom is -0.161 e. The van der Waals surface area contributed by atoms with E-state index >= 15 is 0 Å².